The predicted octanol–water partition coefficient (Wildman–Crippen LogP) is 8.69. The lowest BCUT2D eigenvalue weighted by Gasteiger charge is -2.33. The highest BCUT2D eigenvalue weighted by molar-refractivity contribution is 6.28. The molecule has 44 heavy (non-hydrogen) atoms. The Morgan fingerprint density at radius 3 is 1.82 bits per heavy atom. The van der Waals surface area contributed by atoms with Crippen LogP contribution in [0.5, 0.6) is 0 Å². The molecule has 0 spiro atoms. The Labute approximate surface area is 254 Å². The summed E-state index contributed by atoms with van der Waals surface area (Å²) in [7, 11) is 0. The van der Waals surface area contributed by atoms with Crippen LogP contribution in [0.25, 0.3) is 49.3 Å². The lowest BCUT2D eigenvalue weighted by molar-refractivity contribution is 0.341. The molecule has 5 heteroatoms. The number of hydrogen-bond donors (Lipinski definition) is 2. The van der Waals surface area contributed by atoms with Gasteiger partial charge in [-0.1, -0.05) is 115 Å². The molecule has 0 fully saturated rings. The van der Waals surface area contributed by atoms with Crippen LogP contribution in [0.4, 0.5) is 0 Å². The van der Waals surface area contributed by atoms with Crippen LogP contribution < -0.4 is 10.6 Å². The maximum atomic E-state index is 5.32. The average molecular weight is 568 g/mol. The number of nitrogens with one attached hydrogen (secondary N) is 2. The van der Waals surface area contributed by atoms with Gasteiger partial charge in [-0.05, 0) is 42.0 Å². The Bertz CT molecular complexity index is 2330. The number of para-hydroxylation sites is 3. The summed E-state index contributed by atoms with van der Waals surface area (Å²) in [5.74, 6) is 0.871. The Morgan fingerprint density at radius 1 is 0.500 bits per heavy atom. The largest absolute Gasteiger partial charge is 0.350 e. The molecule has 210 valence electrons. The van der Waals surface area contributed by atoms with Crippen LogP contribution in [0, 0.1) is 0 Å². The smallest absolute Gasteiger partial charge is 0.184 e. The molecule has 6 aromatic carbocycles. The van der Waals surface area contributed by atoms with Gasteiger partial charge in [-0.3, -0.25) is 5.32 Å². The van der Waals surface area contributed by atoms with Crippen LogP contribution in [-0.4, -0.2) is 15.0 Å². The Balaban J connectivity index is 1.34. The first-order valence-electron chi connectivity index (χ1n) is 15.1. The van der Waals surface area contributed by atoms with E-state index in [0.717, 1.165) is 33.7 Å². The van der Waals surface area contributed by atoms with E-state index in [2.05, 4.69) is 165 Å². The number of fused-ring (bicyclic) bond motifs is 7. The van der Waals surface area contributed by atoms with E-state index in [-0.39, 0.29) is 12.5 Å². The van der Waals surface area contributed by atoms with Crippen molar-refractivity contribution in [3.05, 3.63) is 163 Å². The average Bonchev–Trinajstić information content (AvgIpc) is 3.62. The summed E-state index contributed by atoms with van der Waals surface area (Å²) < 4.78 is 4.76. The van der Waals surface area contributed by atoms with Gasteiger partial charge in [0.15, 0.2) is 6.29 Å². The summed E-state index contributed by atoms with van der Waals surface area (Å²) in [6, 6.07) is 53.6. The Morgan fingerprint density at radius 2 is 1.07 bits per heavy atom. The molecule has 0 amide bonds. The Hall–Kier alpha value is -5.65. The third-order valence-corrected chi connectivity index (χ3v) is 8.80. The molecule has 2 N–H and O–H groups in total. The second-order valence-electron chi connectivity index (χ2n) is 11.3. The number of aromatic nitrogens is 2. The first-order valence-corrected chi connectivity index (χ1v) is 15.1. The van der Waals surface area contributed by atoms with Crippen molar-refractivity contribution < 1.29 is 0 Å². The van der Waals surface area contributed by atoms with Gasteiger partial charge in [-0.25, -0.2) is 4.99 Å². The van der Waals surface area contributed by atoms with Crippen molar-refractivity contribution in [2.45, 2.75) is 12.5 Å². The summed E-state index contributed by atoms with van der Waals surface area (Å²) in [4.78, 5) is 5.32. The highest BCUT2D eigenvalue weighted by Gasteiger charge is 2.28. The zero-order valence-electron chi connectivity index (χ0n) is 23.9. The summed E-state index contributed by atoms with van der Waals surface area (Å²) in [6.07, 6.45) is -0.451. The van der Waals surface area contributed by atoms with Crippen molar-refractivity contribution >= 4 is 49.4 Å². The van der Waals surface area contributed by atoms with Gasteiger partial charge in [0.05, 0.1) is 22.1 Å². The second-order valence-corrected chi connectivity index (χ2v) is 11.3. The van der Waals surface area contributed by atoms with Gasteiger partial charge in [0.2, 0.25) is 0 Å². The molecule has 2 atom stereocenters. The molecule has 1 aliphatic heterocycles. The molecular weight excluding hydrogens is 538 g/mol. The zero-order valence-corrected chi connectivity index (χ0v) is 23.9. The fraction of sp³-hybridized carbons (Fsp3) is 0.0513. The quantitative estimate of drug-likeness (QED) is 0.223. The number of rotatable bonds is 4. The summed E-state index contributed by atoms with van der Waals surface area (Å²) in [5, 5.41) is 12.5. The molecule has 3 heterocycles. The molecule has 5 nitrogen and oxygen atoms in total. The van der Waals surface area contributed by atoms with E-state index in [4.69, 9.17) is 4.99 Å². The van der Waals surface area contributed by atoms with Gasteiger partial charge < -0.3 is 14.5 Å². The van der Waals surface area contributed by atoms with Crippen LogP contribution in [0.15, 0.2) is 157 Å². The molecular formula is C39H29N5. The monoisotopic (exact) mass is 567 g/mol. The number of hydrogen-bond acceptors (Lipinski definition) is 3. The number of aliphatic imine (C=N–C) groups is 1. The lowest BCUT2D eigenvalue weighted by atomic mass is 10.1. The van der Waals surface area contributed by atoms with Gasteiger partial charge in [0.1, 0.15) is 12.0 Å². The minimum atomic E-state index is -0.334. The molecule has 0 bridgehead atoms. The Kier molecular flexibility index (Phi) is 5.64. The number of amidine groups is 1. The van der Waals surface area contributed by atoms with E-state index >= 15 is 0 Å². The van der Waals surface area contributed by atoms with Crippen LogP contribution in [0.2, 0.25) is 0 Å². The molecule has 0 aliphatic carbocycles. The van der Waals surface area contributed by atoms with Gasteiger partial charge in [0.25, 0.3) is 0 Å². The fourth-order valence-corrected chi connectivity index (χ4v) is 6.90. The maximum absolute atomic E-state index is 5.32. The van der Waals surface area contributed by atoms with Crippen LogP contribution in [0.1, 0.15) is 23.6 Å². The van der Waals surface area contributed by atoms with Crippen molar-refractivity contribution in [3.8, 4) is 5.69 Å². The number of benzene rings is 6. The zero-order chi connectivity index (χ0) is 29.0. The molecule has 2 unspecified atom stereocenters. The summed E-state index contributed by atoms with van der Waals surface area (Å²) in [5.41, 5.74) is 8.08. The molecule has 0 radical (unpaired) electrons. The van der Waals surface area contributed by atoms with Crippen LogP contribution >= 0.6 is 0 Å². The maximum Gasteiger partial charge on any atom is 0.184 e. The highest BCUT2D eigenvalue weighted by atomic mass is 15.4. The van der Waals surface area contributed by atoms with Crippen LogP contribution in [-0.2, 0) is 0 Å². The van der Waals surface area contributed by atoms with Gasteiger partial charge in [-0.15, -0.1) is 0 Å². The van der Waals surface area contributed by atoms with Crippen molar-refractivity contribution in [1.29, 1.82) is 0 Å². The van der Waals surface area contributed by atoms with E-state index in [1.54, 1.807) is 0 Å². The van der Waals surface area contributed by atoms with E-state index in [9.17, 15) is 0 Å². The summed E-state index contributed by atoms with van der Waals surface area (Å²) >= 11 is 0. The van der Waals surface area contributed by atoms with Crippen molar-refractivity contribution in [2.24, 2.45) is 4.99 Å². The van der Waals surface area contributed by atoms with Crippen LogP contribution in [0.3, 0.4) is 0 Å². The van der Waals surface area contributed by atoms with E-state index in [1.165, 1.54) is 32.6 Å². The minimum absolute atomic E-state index is 0.117. The first-order chi connectivity index (χ1) is 21.8. The normalized spacial score (nSPS) is 16.9. The third kappa shape index (κ3) is 3.80. The van der Waals surface area contributed by atoms with Gasteiger partial charge in [-0.2, -0.15) is 0 Å². The third-order valence-electron chi connectivity index (χ3n) is 8.80. The number of nitrogens with zero attached hydrogens (tertiary/aromatic N) is 3. The minimum Gasteiger partial charge on any atom is -0.350 e. The topological polar surface area (TPSA) is 46.3 Å². The van der Waals surface area contributed by atoms with Gasteiger partial charge in [0, 0.05) is 32.8 Å². The standard InChI is InChI=1S/C39H29N5/c1-4-14-26(15-5-1)37-40-38(27-16-6-2-7-17-27)42-39(41-37)44-32-23-13-11-21-30(32)36-34(44)25-24-33-35(36)29-20-10-12-22-31(29)43(33)28-18-8-3-9-19-28/h1-25,37,39,41H,(H,40,42). The highest BCUT2D eigenvalue weighted by Crippen LogP contribution is 2.42. The van der Waals surface area contributed by atoms with Crippen molar-refractivity contribution in [1.82, 2.24) is 19.8 Å². The van der Waals surface area contributed by atoms with E-state index in [0.29, 0.717) is 0 Å². The van der Waals surface area contributed by atoms with Crippen molar-refractivity contribution in [3.63, 3.8) is 0 Å². The van der Waals surface area contributed by atoms with Crippen molar-refractivity contribution in [2.75, 3.05) is 0 Å². The summed E-state index contributed by atoms with van der Waals surface area (Å²) in [6.45, 7) is 0. The molecule has 0 saturated heterocycles. The second kappa shape index (κ2) is 9.97. The SMILES string of the molecule is c1ccc(C2=NC(n3c4ccccc4c4c5c6ccccc6n(-c6ccccc6)c5ccc43)NC(c3ccccc3)N2)cc1. The van der Waals surface area contributed by atoms with Gasteiger partial charge >= 0.3 is 0 Å². The predicted molar refractivity (Wildman–Crippen MR) is 181 cm³/mol. The molecule has 9 rings (SSSR count). The first kappa shape index (κ1) is 24.9. The van der Waals surface area contributed by atoms with E-state index in [1.807, 2.05) is 6.07 Å². The fourth-order valence-electron chi connectivity index (χ4n) is 6.90. The molecule has 0 saturated carbocycles. The molecule has 2 aromatic heterocycles. The van der Waals surface area contributed by atoms with E-state index < -0.39 is 0 Å². The lowest BCUT2D eigenvalue weighted by Crippen LogP contribution is -2.46. The molecule has 1 aliphatic rings. The molecule has 8 aromatic rings.